The highest BCUT2D eigenvalue weighted by Crippen LogP contribution is 2.40. The number of imidazole rings is 1. The van der Waals surface area contributed by atoms with Crippen LogP contribution >= 0.6 is 0 Å². The molecule has 0 saturated heterocycles. The zero-order valence-corrected chi connectivity index (χ0v) is 11.4. The lowest BCUT2D eigenvalue weighted by molar-refractivity contribution is 0.102. The van der Waals surface area contributed by atoms with Crippen molar-refractivity contribution in [3.8, 4) is 0 Å². The van der Waals surface area contributed by atoms with Gasteiger partial charge < -0.3 is 9.72 Å². The third-order valence-electron chi connectivity index (χ3n) is 3.64. The van der Waals surface area contributed by atoms with E-state index in [1.165, 1.54) is 0 Å². The van der Waals surface area contributed by atoms with Gasteiger partial charge in [0.15, 0.2) is 5.69 Å². The van der Waals surface area contributed by atoms with Gasteiger partial charge in [-0.15, -0.1) is 0 Å². The highest BCUT2D eigenvalue weighted by molar-refractivity contribution is 6.07. The molecule has 0 aliphatic heterocycles. The molecular formula is C16H14N4O. The van der Waals surface area contributed by atoms with Gasteiger partial charge in [0.05, 0.1) is 5.52 Å². The first-order valence-electron chi connectivity index (χ1n) is 7.02. The molecule has 1 aliphatic carbocycles. The van der Waals surface area contributed by atoms with E-state index in [1.807, 2.05) is 40.9 Å². The Morgan fingerprint density at radius 2 is 2.05 bits per heavy atom. The highest BCUT2D eigenvalue weighted by atomic mass is 16.2. The van der Waals surface area contributed by atoms with Gasteiger partial charge in [-0.25, -0.2) is 9.97 Å². The van der Waals surface area contributed by atoms with E-state index in [-0.39, 0.29) is 5.91 Å². The zero-order chi connectivity index (χ0) is 14.2. The maximum Gasteiger partial charge on any atom is 0.277 e. The maximum atomic E-state index is 12.5. The first-order chi connectivity index (χ1) is 10.3. The Kier molecular flexibility index (Phi) is 2.70. The lowest BCUT2D eigenvalue weighted by Crippen LogP contribution is -2.13. The molecule has 0 aromatic carbocycles. The highest BCUT2D eigenvalue weighted by Gasteiger charge is 2.30. The number of hydrogen-bond donors (Lipinski definition) is 1. The van der Waals surface area contributed by atoms with Crippen molar-refractivity contribution >= 4 is 17.2 Å². The number of fused-ring (bicyclic) bond motifs is 1. The van der Waals surface area contributed by atoms with E-state index in [4.69, 9.17) is 0 Å². The van der Waals surface area contributed by atoms with Crippen LogP contribution in [0.5, 0.6) is 0 Å². The van der Waals surface area contributed by atoms with Gasteiger partial charge in [-0.2, -0.15) is 0 Å². The quantitative estimate of drug-likeness (QED) is 0.801. The summed E-state index contributed by atoms with van der Waals surface area (Å²) in [4.78, 5) is 21.1. The second-order valence-corrected chi connectivity index (χ2v) is 5.22. The predicted molar refractivity (Wildman–Crippen MR) is 79.4 cm³/mol. The molecule has 0 radical (unpaired) electrons. The second kappa shape index (κ2) is 4.70. The SMILES string of the molecule is O=C(Nc1ccccn1)c1nc(C2CC2)n2ccccc12. The van der Waals surface area contributed by atoms with Gasteiger partial charge in [-0.3, -0.25) is 4.79 Å². The summed E-state index contributed by atoms with van der Waals surface area (Å²) in [6.45, 7) is 0. The Balaban J connectivity index is 1.74. The maximum absolute atomic E-state index is 12.5. The van der Waals surface area contributed by atoms with Crippen LogP contribution in [0, 0.1) is 0 Å². The van der Waals surface area contributed by atoms with Crippen molar-refractivity contribution in [3.63, 3.8) is 0 Å². The van der Waals surface area contributed by atoms with Crippen molar-refractivity contribution in [2.75, 3.05) is 5.32 Å². The largest absolute Gasteiger partial charge is 0.305 e. The van der Waals surface area contributed by atoms with E-state index in [2.05, 4.69) is 15.3 Å². The Hall–Kier alpha value is -2.69. The van der Waals surface area contributed by atoms with Crippen molar-refractivity contribution in [2.45, 2.75) is 18.8 Å². The number of nitrogens with one attached hydrogen (secondary N) is 1. The van der Waals surface area contributed by atoms with Gasteiger partial charge in [-0.1, -0.05) is 12.1 Å². The topological polar surface area (TPSA) is 59.3 Å². The smallest absolute Gasteiger partial charge is 0.277 e. The average Bonchev–Trinajstić information content (AvgIpc) is 3.29. The van der Waals surface area contributed by atoms with Gasteiger partial charge >= 0.3 is 0 Å². The summed E-state index contributed by atoms with van der Waals surface area (Å²) in [5.41, 5.74) is 1.30. The molecule has 3 aromatic rings. The van der Waals surface area contributed by atoms with Crippen molar-refractivity contribution < 1.29 is 4.79 Å². The van der Waals surface area contributed by atoms with Crippen LogP contribution < -0.4 is 5.32 Å². The number of nitrogens with zero attached hydrogens (tertiary/aromatic N) is 3. The third kappa shape index (κ3) is 2.16. The molecule has 1 aliphatic rings. The lowest BCUT2D eigenvalue weighted by atomic mass is 10.3. The lowest BCUT2D eigenvalue weighted by Gasteiger charge is -2.01. The first-order valence-corrected chi connectivity index (χ1v) is 7.02. The molecule has 0 bridgehead atoms. The number of rotatable bonds is 3. The van der Waals surface area contributed by atoms with Crippen LogP contribution in [0.4, 0.5) is 5.82 Å². The Morgan fingerprint density at radius 3 is 2.81 bits per heavy atom. The van der Waals surface area contributed by atoms with Gasteiger partial charge in [-0.05, 0) is 37.1 Å². The summed E-state index contributed by atoms with van der Waals surface area (Å²) in [5.74, 6) is 1.78. The normalized spacial score (nSPS) is 14.3. The first kappa shape index (κ1) is 12.1. The fraction of sp³-hybridized carbons (Fsp3) is 0.188. The minimum absolute atomic E-state index is 0.218. The van der Waals surface area contributed by atoms with Gasteiger partial charge in [0, 0.05) is 18.3 Å². The van der Waals surface area contributed by atoms with Crippen molar-refractivity contribution in [2.24, 2.45) is 0 Å². The molecule has 1 saturated carbocycles. The zero-order valence-electron chi connectivity index (χ0n) is 11.4. The number of carbonyl (C=O) groups excluding carboxylic acids is 1. The summed E-state index contributed by atoms with van der Waals surface area (Å²) in [6, 6.07) is 11.2. The monoisotopic (exact) mass is 278 g/mol. The molecule has 0 unspecified atom stereocenters. The molecule has 5 heteroatoms. The van der Waals surface area contributed by atoms with Crippen molar-refractivity contribution in [1.82, 2.24) is 14.4 Å². The predicted octanol–water partition coefficient (Wildman–Crippen LogP) is 2.86. The molecule has 0 spiro atoms. The molecule has 4 rings (SSSR count). The Morgan fingerprint density at radius 1 is 1.19 bits per heavy atom. The summed E-state index contributed by atoms with van der Waals surface area (Å²) in [7, 11) is 0. The summed E-state index contributed by atoms with van der Waals surface area (Å²) in [6.07, 6.45) is 5.91. The summed E-state index contributed by atoms with van der Waals surface area (Å²) >= 11 is 0. The van der Waals surface area contributed by atoms with Crippen LogP contribution in [-0.4, -0.2) is 20.3 Å². The van der Waals surface area contributed by atoms with Gasteiger partial charge in [0.25, 0.3) is 5.91 Å². The summed E-state index contributed by atoms with van der Waals surface area (Å²) < 4.78 is 2.02. The van der Waals surface area contributed by atoms with Crippen LogP contribution in [-0.2, 0) is 0 Å². The van der Waals surface area contributed by atoms with Crippen molar-refractivity contribution in [3.05, 3.63) is 60.3 Å². The number of hydrogen-bond acceptors (Lipinski definition) is 3. The molecule has 104 valence electrons. The van der Waals surface area contributed by atoms with Crippen LogP contribution in [0.25, 0.3) is 5.52 Å². The molecule has 21 heavy (non-hydrogen) atoms. The van der Waals surface area contributed by atoms with E-state index in [0.717, 1.165) is 24.2 Å². The van der Waals surface area contributed by atoms with E-state index < -0.39 is 0 Å². The van der Waals surface area contributed by atoms with E-state index in [9.17, 15) is 4.79 Å². The number of carbonyl (C=O) groups is 1. The minimum Gasteiger partial charge on any atom is -0.305 e. The summed E-state index contributed by atoms with van der Waals surface area (Å²) in [5, 5.41) is 2.80. The third-order valence-corrected chi connectivity index (χ3v) is 3.64. The standard InChI is InChI=1S/C16H14N4O/c21-16(18-13-6-1-3-9-17-13)14-12-5-2-4-10-20(12)15(19-14)11-7-8-11/h1-6,9-11H,7-8H2,(H,17,18,21). The fourth-order valence-corrected chi connectivity index (χ4v) is 2.47. The molecule has 0 atom stereocenters. The molecule has 3 heterocycles. The second-order valence-electron chi connectivity index (χ2n) is 5.22. The average molecular weight is 278 g/mol. The Labute approximate surface area is 121 Å². The van der Waals surface area contributed by atoms with Crippen LogP contribution in [0.1, 0.15) is 35.1 Å². The van der Waals surface area contributed by atoms with E-state index in [1.54, 1.807) is 12.3 Å². The van der Waals surface area contributed by atoms with E-state index >= 15 is 0 Å². The Bertz CT molecular complexity index is 806. The number of aromatic nitrogens is 3. The molecule has 1 N–H and O–H groups in total. The molecule has 1 fully saturated rings. The molecule has 3 aromatic heterocycles. The van der Waals surface area contributed by atoms with Crippen LogP contribution in [0.15, 0.2) is 48.8 Å². The molecular weight excluding hydrogens is 264 g/mol. The number of anilines is 1. The van der Waals surface area contributed by atoms with Crippen molar-refractivity contribution in [1.29, 1.82) is 0 Å². The van der Waals surface area contributed by atoms with Crippen LogP contribution in [0.3, 0.4) is 0 Å². The van der Waals surface area contributed by atoms with Gasteiger partial charge in [0.2, 0.25) is 0 Å². The van der Waals surface area contributed by atoms with Crippen LogP contribution in [0.2, 0.25) is 0 Å². The molecule has 1 amide bonds. The fourth-order valence-electron chi connectivity index (χ4n) is 2.47. The van der Waals surface area contributed by atoms with Gasteiger partial charge in [0.1, 0.15) is 11.6 Å². The van der Waals surface area contributed by atoms with E-state index in [0.29, 0.717) is 17.4 Å². The number of amides is 1. The minimum atomic E-state index is -0.218. The molecule has 5 nitrogen and oxygen atoms in total. The number of pyridine rings is 2.